The smallest absolute Gasteiger partial charge is 0.188 e. The summed E-state index contributed by atoms with van der Waals surface area (Å²) in [4.78, 5) is 17.8. The minimum atomic E-state index is -0.0338. The fraction of sp³-hybridized carbons (Fsp3) is 0.0400. The average molecular weight is 349 g/mol. The van der Waals surface area contributed by atoms with Crippen molar-refractivity contribution in [1.29, 1.82) is 0 Å². The maximum absolute atomic E-state index is 13.1. The van der Waals surface area contributed by atoms with E-state index >= 15 is 0 Å². The van der Waals surface area contributed by atoms with Crippen LogP contribution in [-0.2, 0) is 0 Å². The first-order valence-electron chi connectivity index (χ1n) is 8.96. The van der Waals surface area contributed by atoms with Gasteiger partial charge in [-0.3, -0.25) is 9.78 Å². The van der Waals surface area contributed by atoms with E-state index in [4.69, 9.17) is 0 Å². The second-order valence-electron chi connectivity index (χ2n) is 6.44. The van der Waals surface area contributed by atoms with E-state index in [1.54, 1.807) is 6.08 Å². The van der Waals surface area contributed by atoms with Crippen LogP contribution >= 0.6 is 0 Å². The van der Waals surface area contributed by atoms with Crippen molar-refractivity contribution in [3.8, 4) is 11.1 Å². The van der Waals surface area contributed by atoms with Crippen LogP contribution in [0, 0.1) is 6.92 Å². The molecule has 0 aliphatic carbocycles. The summed E-state index contributed by atoms with van der Waals surface area (Å²) in [5.41, 5.74) is 5.27. The first-order chi connectivity index (χ1) is 13.2. The number of fused-ring (bicyclic) bond motifs is 1. The highest BCUT2D eigenvalue weighted by Crippen LogP contribution is 2.33. The minimum absolute atomic E-state index is 0.0338. The molecule has 2 heteroatoms. The number of para-hydroxylation sites is 1. The normalized spacial score (nSPS) is 11.1. The Hall–Kier alpha value is -3.52. The first kappa shape index (κ1) is 16.9. The van der Waals surface area contributed by atoms with Crippen molar-refractivity contribution in [1.82, 2.24) is 4.98 Å². The van der Waals surface area contributed by atoms with E-state index in [0.717, 1.165) is 33.3 Å². The molecular weight excluding hydrogens is 330 g/mol. The molecule has 0 spiro atoms. The second kappa shape index (κ2) is 7.38. The maximum Gasteiger partial charge on any atom is 0.188 e. The molecule has 0 aliphatic heterocycles. The van der Waals surface area contributed by atoms with Gasteiger partial charge in [0.25, 0.3) is 0 Å². The molecule has 130 valence electrons. The number of carbonyl (C=O) groups excluding carboxylic acids is 1. The summed E-state index contributed by atoms with van der Waals surface area (Å²) in [6, 6.07) is 27.9. The van der Waals surface area contributed by atoms with Crippen LogP contribution in [0.15, 0.2) is 91.0 Å². The molecule has 0 saturated heterocycles. The monoisotopic (exact) mass is 349 g/mol. The Labute approximate surface area is 158 Å². The van der Waals surface area contributed by atoms with Gasteiger partial charge in [0.05, 0.1) is 11.1 Å². The zero-order valence-corrected chi connectivity index (χ0v) is 15.1. The van der Waals surface area contributed by atoms with Crippen molar-refractivity contribution in [3.63, 3.8) is 0 Å². The Balaban J connectivity index is 1.90. The molecule has 0 saturated carbocycles. The summed E-state index contributed by atoms with van der Waals surface area (Å²) in [5.74, 6) is -0.0338. The summed E-state index contributed by atoms with van der Waals surface area (Å²) >= 11 is 0. The standard InChI is InChI=1S/C25H19NO/c1-18-24(23(27)17-16-19-10-4-2-5-11-19)25(20-12-6-3-7-13-20)21-14-8-9-15-22(21)26-18/h2-17H,1H3/b17-16-. The van der Waals surface area contributed by atoms with Crippen LogP contribution < -0.4 is 0 Å². The molecule has 0 N–H and O–H groups in total. The lowest BCUT2D eigenvalue weighted by Gasteiger charge is -2.14. The van der Waals surface area contributed by atoms with E-state index in [2.05, 4.69) is 4.98 Å². The second-order valence-corrected chi connectivity index (χ2v) is 6.44. The highest BCUT2D eigenvalue weighted by atomic mass is 16.1. The molecule has 27 heavy (non-hydrogen) atoms. The third-order valence-electron chi connectivity index (χ3n) is 4.61. The van der Waals surface area contributed by atoms with E-state index in [1.807, 2.05) is 97.9 Å². The molecule has 0 fully saturated rings. The Morgan fingerprint density at radius 3 is 2.19 bits per heavy atom. The van der Waals surface area contributed by atoms with Crippen LogP contribution in [0.2, 0.25) is 0 Å². The van der Waals surface area contributed by atoms with Gasteiger partial charge in [0.1, 0.15) is 0 Å². The molecular formula is C25H19NO. The number of ketones is 1. The molecule has 4 rings (SSSR count). The van der Waals surface area contributed by atoms with E-state index in [0.29, 0.717) is 5.56 Å². The molecule has 0 radical (unpaired) electrons. The summed E-state index contributed by atoms with van der Waals surface area (Å²) in [6.45, 7) is 1.91. The molecule has 0 unspecified atom stereocenters. The predicted molar refractivity (Wildman–Crippen MR) is 112 cm³/mol. The largest absolute Gasteiger partial charge is 0.289 e. The molecule has 4 aromatic rings. The molecule has 0 amide bonds. The number of rotatable bonds is 4. The van der Waals surface area contributed by atoms with Crippen LogP contribution in [0.4, 0.5) is 0 Å². The third kappa shape index (κ3) is 3.42. The molecule has 0 atom stereocenters. The molecule has 1 aromatic heterocycles. The fourth-order valence-electron chi connectivity index (χ4n) is 3.36. The van der Waals surface area contributed by atoms with Gasteiger partial charge in [0.2, 0.25) is 0 Å². The van der Waals surface area contributed by atoms with Crippen LogP contribution in [0.3, 0.4) is 0 Å². The number of aromatic nitrogens is 1. The summed E-state index contributed by atoms with van der Waals surface area (Å²) in [5, 5.41) is 0.991. The first-order valence-corrected chi connectivity index (χ1v) is 8.96. The van der Waals surface area contributed by atoms with E-state index in [1.165, 1.54) is 0 Å². The van der Waals surface area contributed by atoms with Gasteiger partial charge in [-0.05, 0) is 30.2 Å². The Morgan fingerprint density at radius 1 is 0.815 bits per heavy atom. The maximum atomic E-state index is 13.1. The van der Waals surface area contributed by atoms with Gasteiger partial charge in [0, 0.05) is 16.6 Å². The number of carbonyl (C=O) groups is 1. The van der Waals surface area contributed by atoms with Crippen LogP contribution in [0.5, 0.6) is 0 Å². The van der Waals surface area contributed by atoms with Crippen molar-refractivity contribution >= 4 is 22.8 Å². The zero-order chi connectivity index (χ0) is 18.6. The van der Waals surface area contributed by atoms with Gasteiger partial charge >= 0.3 is 0 Å². The van der Waals surface area contributed by atoms with Crippen LogP contribution in [0.25, 0.3) is 28.1 Å². The van der Waals surface area contributed by atoms with Gasteiger partial charge in [-0.25, -0.2) is 0 Å². The van der Waals surface area contributed by atoms with E-state index in [-0.39, 0.29) is 5.78 Å². The third-order valence-corrected chi connectivity index (χ3v) is 4.61. The lowest BCUT2D eigenvalue weighted by Crippen LogP contribution is -2.05. The van der Waals surface area contributed by atoms with Gasteiger partial charge in [-0.2, -0.15) is 0 Å². The molecule has 2 nitrogen and oxygen atoms in total. The van der Waals surface area contributed by atoms with Gasteiger partial charge in [-0.15, -0.1) is 0 Å². The Bertz CT molecular complexity index is 1130. The van der Waals surface area contributed by atoms with E-state index < -0.39 is 0 Å². The molecule has 0 bridgehead atoms. The van der Waals surface area contributed by atoms with Crippen LogP contribution in [0.1, 0.15) is 21.6 Å². The number of benzene rings is 3. The Morgan fingerprint density at radius 2 is 1.44 bits per heavy atom. The Kier molecular flexibility index (Phi) is 4.63. The SMILES string of the molecule is Cc1nc2ccccc2c(-c2ccccc2)c1C(=O)/C=C\c1ccccc1. The summed E-state index contributed by atoms with van der Waals surface area (Å²) in [7, 11) is 0. The number of aryl methyl sites for hydroxylation is 1. The molecule has 0 aliphatic rings. The number of hydrogen-bond acceptors (Lipinski definition) is 2. The lowest BCUT2D eigenvalue weighted by molar-refractivity contribution is 0.104. The van der Waals surface area contributed by atoms with Crippen molar-refractivity contribution < 1.29 is 4.79 Å². The van der Waals surface area contributed by atoms with Crippen LogP contribution in [-0.4, -0.2) is 10.8 Å². The summed E-state index contributed by atoms with van der Waals surface area (Å²) in [6.07, 6.45) is 3.49. The number of pyridine rings is 1. The number of nitrogens with zero attached hydrogens (tertiary/aromatic N) is 1. The number of hydrogen-bond donors (Lipinski definition) is 0. The topological polar surface area (TPSA) is 30.0 Å². The van der Waals surface area contributed by atoms with Gasteiger partial charge < -0.3 is 0 Å². The molecule has 1 heterocycles. The predicted octanol–water partition coefficient (Wildman–Crippen LogP) is 6.11. The minimum Gasteiger partial charge on any atom is -0.289 e. The number of allylic oxidation sites excluding steroid dienone is 1. The summed E-state index contributed by atoms with van der Waals surface area (Å²) < 4.78 is 0. The molecule has 3 aromatic carbocycles. The zero-order valence-electron chi connectivity index (χ0n) is 15.1. The highest BCUT2D eigenvalue weighted by molar-refractivity contribution is 6.16. The fourth-order valence-corrected chi connectivity index (χ4v) is 3.36. The highest BCUT2D eigenvalue weighted by Gasteiger charge is 2.18. The van der Waals surface area contributed by atoms with Crippen molar-refractivity contribution in [2.75, 3.05) is 0 Å². The van der Waals surface area contributed by atoms with Crippen molar-refractivity contribution in [2.24, 2.45) is 0 Å². The van der Waals surface area contributed by atoms with Crippen molar-refractivity contribution in [3.05, 3.63) is 108 Å². The van der Waals surface area contributed by atoms with Crippen molar-refractivity contribution in [2.45, 2.75) is 6.92 Å². The van der Waals surface area contributed by atoms with Gasteiger partial charge in [-0.1, -0.05) is 84.9 Å². The lowest BCUT2D eigenvalue weighted by atomic mass is 9.92. The average Bonchev–Trinajstić information content (AvgIpc) is 2.72. The quantitative estimate of drug-likeness (QED) is 0.329. The van der Waals surface area contributed by atoms with E-state index in [9.17, 15) is 4.79 Å². The van der Waals surface area contributed by atoms with Gasteiger partial charge in [0.15, 0.2) is 5.78 Å².